The van der Waals surface area contributed by atoms with Gasteiger partial charge in [0.1, 0.15) is 5.92 Å². The van der Waals surface area contributed by atoms with Gasteiger partial charge in [-0.05, 0) is 31.5 Å². The van der Waals surface area contributed by atoms with Crippen LogP contribution in [0.25, 0.3) is 0 Å². The minimum Gasteiger partial charge on any atom is -0.481 e. The number of aliphatic carboxylic acids is 1. The van der Waals surface area contributed by atoms with Gasteiger partial charge in [-0.25, -0.2) is 8.78 Å². The average Bonchev–Trinajstić information content (AvgIpc) is 2.38. The van der Waals surface area contributed by atoms with E-state index in [0.29, 0.717) is 5.56 Å². The molecule has 0 fully saturated rings. The van der Waals surface area contributed by atoms with Crippen molar-refractivity contribution in [2.45, 2.75) is 20.4 Å². The molecule has 0 saturated carbocycles. The van der Waals surface area contributed by atoms with Crippen LogP contribution < -0.4 is 0 Å². The molecular weight excluding hydrogens is 256 g/mol. The normalized spacial score (nSPS) is 12.0. The van der Waals surface area contributed by atoms with E-state index in [9.17, 15) is 18.4 Å². The highest BCUT2D eigenvalue weighted by atomic mass is 19.2. The second-order valence-electron chi connectivity index (χ2n) is 4.16. The van der Waals surface area contributed by atoms with Gasteiger partial charge in [-0.1, -0.05) is 6.07 Å². The maximum absolute atomic E-state index is 13.0. The first-order valence-electron chi connectivity index (χ1n) is 5.82. The summed E-state index contributed by atoms with van der Waals surface area (Å²) in [6, 6.07) is 3.33. The Hall–Kier alpha value is -1.98. The van der Waals surface area contributed by atoms with Crippen LogP contribution in [0.1, 0.15) is 19.4 Å². The fourth-order valence-electron chi connectivity index (χ4n) is 1.58. The van der Waals surface area contributed by atoms with Crippen LogP contribution in [-0.2, 0) is 16.1 Å². The smallest absolute Gasteiger partial charge is 0.315 e. The van der Waals surface area contributed by atoms with E-state index in [1.54, 1.807) is 6.92 Å². The zero-order chi connectivity index (χ0) is 14.6. The van der Waals surface area contributed by atoms with Gasteiger partial charge in [-0.3, -0.25) is 9.59 Å². The number of hydrogen-bond donors (Lipinski definition) is 1. The van der Waals surface area contributed by atoms with Crippen LogP contribution in [0, 0.1) is 17.6 Å². The molecule has 1 N–H and O–H groups in total. The number of amides is 1. The highest BCUT2D eigenvalue weighted by Crippen LogP contribution is 2.13. The lowest BCUT2D eigenvalue weighted by Gasteiger charge is -2.23. The van der Waals surface area contributed by atoms with Gasteiger partial charge in [0.2, 0.25) is 5.91 Å². The maximum atomic E-state index is 13.0. The number of benzene rings is 1. The van der Waals surface area contributed by atoms with E-state index in [1.807, 2.05) is 0 Å². The van der Waals surface area contributed by atoms with Crippen molar-refractivity contribution < 1.29 is 23.5 Å². The fraction of sp³-hybridized carbons (Fsp3) is 0.385. The van der Waals surface area contributed by atoms with Crippen molar-refractivity contribution in [1.82, 2.24) is 4.90 Å². The van der Waals surface area contributed by atoms with E-state index in [-0.39, 0.29) is 13.1 Å². The quantitative estimate of drug-likeness (QED) is 0.834. The minimum atomic E-state index is -1.21. The lowest BCUT2D eigenvalue weighted by atomic mass is 10.1. The Labute approximate surface area is 109 Å². The van der Waals surface area contributed by atoms with E-state index < -0.39 is 29.4 Å². The molecule has 6 heteroatoms. The second kappa shape index (κ2) is 6.26. The number of carboxylic acids is 1. The predicted octanol–water partition coefficient (Wildman–Crippen LogP) is 2.03. The van der Waals surface area contributed by atoms with Crippen LogP contribution in [0.5, 0.6) is 0 Å². The number of hydrogen-bond acceptors (Lipinski definition) is 2. The molecule has 1 amide bonds. The summed E-state index contributed by atoms with van der Waals surface area (Å²) < 4.78 is 25.8. The average molecular weight is 271 g/mol. The Bertz CT molecular complexity index is 491. The fourth-order valence-corrected chi connectivity index (χ4v) is 1.58. The summed E-state index contributed by atoms with van der Waals surface area (Å²) in [5.74, 6) is -4.89. The van der Waals surface area contributed by atoms with Crippen LogP contribution >= 0.6 is 0 Å². The summed E-state index contributed by atoms with van der Waals surface area (Å²) in [5, 5.41) is 8.79. The molecule has 0 aliphatic heterocycles. The monoisotopic (exact) mass is 271 g/mol. The van der Waals surface area contributed by atoms with Crippen LogP contribution in [0.4, 0.5) is 8.78 Å². The van der Waals surface area contributed by atoms with Gasteiger partial charge < -0.3 is 10.0 Å². The molecule has 104 valence electrons. The molecule has 4 nitrogen and oxygen atoms in total. The Kier molecular flexibility index (Phi) is 4.97. The third-order valence-corrected chi connectivity index (χ3v) is 2.79. The molecule has 1 unspecified atom stereocenters. The molecular formula is C13H15F2NO3. The summed E-state index contributed by atoms with van der Waals surface area (Å²) in [6.07, 6.45) is 0. The van der Waals surface area contributed by atoms with Crippen LogP contribution in [0.2, 0.25) is 0 Å². The highest BCUT2D eigenvalue weighted by Gasteiger charge is 2.25. The number of halogens is 2. The minimum absolute atomic E-state index is 0.0458. The van der Waals surface area contributed by atoms with E-state index in [4.69, 9.17) is 5.11 Å². The van der Waals surface area contributed by atoms with Crippen molar-refractivity contribution in [3.05, 3.63) is 35.4 Å². The summed E-state index contributed by atoms with van der Waals surface area (Å²) >= 11 is 0. The molecule has 0 radical (unpaired) electrons. The van der Waals surface area contributed by atoms with E-state index in [1.165, 1.54) is 17.9 Å². The van der Waals surface area contributed by atoms with Gasteiger partial charge in [-0.2, -0.15) is 0 Å². The summed E-state index contributed by atoms with van der Waals surface area (Å²) in [7, 11) is 0. The Morgan fingerprint density at radius 1 is 1.32 bits per heavy atom. The molecule has 0 aliphatic rings. The molecule has 0 aromatic heterocycles. The van der Waals surface area contributed by atoms with Crippen molar-refractivity contribution in [2.75, 3.05) is 6.54 Å². The number of carbonyl (C=O) groups is 2. The first-order chi connectivity index (χ1) is 8.86. The molecule has 0 saturated heterocycles. The van der Waals surface area contributed by atoms with Gasteiger partial charge in [0.05, 0.1) is 0 Å². The highest BCUT2D eigenvalue weighted by molar-refractivity contribution is 5.96. The van der Waals surface area contributed by atoms with Gasteiger partial charge in [0.25, 0.3) is 0 Å². The van der Waals surface area contributed by atoms with E-state index in [2.05, 4.69) is 0 Å². The standard InChI is InChI=1S/C13H15F2NO3/c1-3-16(12(17)8(2)13(18)19)7-9-4-5-10(14)11(15)6-9/h4-6,8H,3,7H2,1-2H3,(H,18,19). The first kappa shape index (κ1) is 15.1. The summed E-state index contributed by atoms with van der Waals surface area (Å²) in [5.41, 5.74) is 0.409. The molecule has 0 aliphatic carbocycles. The Morgan fingerprint density at radius 3 is 2.42 bits per heavy atom. The summed E-state index contributed by atoms with van der Waals surface area (Å²) in [6.45, 7) is 3.31. The van der Waals surface area contributed by atoms with Gasteiger partial charge in [0.15, 0.2) is 11.6 Å². The lowest BCUT2D eigenvalue weighted by molar-refractivity contribution is -0.150. The third-order valence-electron chi connectivity index (χ3n) is 2.79. The molecule has 1 atom stereocenters. The van der Waals surface area contributed by atoms with Crippen LogP contribution in [-0.4, -0.2) is 28.4 Å². The predicted molar refractivity (Wildman–Crippen MR) is 64.2 cm³/mol. The molecule has 19 heavy (non-hydrogen) atoms. The molecule has 0 bridgehead atoms. The van der Waals surface area contributed by atoms with Gasteiger partial charge in [0, 0.05) is 13.1 Å². The number of nitrogens with zero attached hydrogens (tertiary/aromatic N) is 1. The number of carbonyl (C=O) groups excluding carboxylic acids is 1. The topological polar surface area (TPSA) is 57.6 Å². The molecule has 1 aromatic rings. The maximum Gasteiger partial charge on any atom is 0.315 e. The second-order valence-corrected chi connectivity index (χ2v) is 4.16. The van der Waals surface area contributed by atoms with Crippen molar-refractivity contribution in [3.8, 4) is 0 Å². The molecule has 0 heterocycles. The van der Waals surface area contributed by atoms with Crippen molar-refractivity contribution in [1.29, 1.82) is 0 Å². The Balaban J connectivity index is 2.84. The van der Waals surface area contributed by atoms with E-state index in [0.717, 1.165) is 12.1 Å². The molecule has 0 spiro atoms. The van der Waals surface area contributed by atoms with Crippen molar-refractivity contribution in [3.63, 3.8) is 0 Å². The first-order valence-corrected chi connectivity index (χ1v) is 5.82. The van der Waals surface area contributed by atoms with Crippen LogP contribution in [0.3, 0.4) is 0 Å². The third kappa shape index (κ3) is 3.74. The Morgan fingerprint density at radius 2 is 1.95 bits per heavy atom. The molecule has 1 rings (SSSR count). The van der Waals surface area contributed by atoms with E-state index >= 15 is 0 Å². The van der Waals surface area contributed by atoms with Crippen molar-refractivity contribution in [2.24, 2.45) is 5.92 Å². The van der Waals surface area contributed by atoms with Crippen molar-refractivity contribution >= 4 is 11.9 Å². The summed E-state index contributed by atoms with van der Waals surface area (Å²) in [4.78, 5) is 23.9. The van der Waals surface area contributed by atoms with Gasteiger partial charge in [-0.15, -0.1) is 0 Å². The zero-order valence-corrected chi connectivity index (χ0v) is 10.7. The lowest BCUT2D eigenvalue weighted by Crippen LogP contribution is -2.37. The van der Waals surface area contributed by atoms with Crippen LogP contribution in [0.15, 0.2) is 18.2 Å². The largest absolute Gasteiger partial charge is 0.481 e. The SMILES string of the molecule is CCN(Cc1ccc(F)c(F)c1)C(=O)C(C)C(=O)O. The van der Waals surface area contributed by atoms with Gasteiger partial charge >= 0.3 is 5.97 Å². The molecule has 1 aromatic carbocycles. The number of carboxylic acid groups (broad SMARTS) is 1. The zero-order valence-electron chi connectivity index (χ0n) is 10.7. The number of rotatable bonds is 5.